The van der Waals surface area contributed by atoms with E-state index in [4.69, 9.17) is 0 Å². The molecule has 0 saturated heterocycles. The van der Waals surface area contributed by atoms with Crippen molar-refractivity contribution in [3.05, 3.63) is 11.1 Å². The molecule has 3 heteroatoms. The lowest BCUT2D eigenvalue weighted by Gasteiger charge is -2.51. The quantitative estimate of drug-likeness (QED) is 0.819. The van der Waals surface area contributed by atoms with Gasteiger partial charge in [0.05, 0.1) is 18.1 Å². The summed E-state index contributed by atoms with van der Waals surface area (Å²) >= 11 is 0. The third-order valence-electron chi connectivity index (χ3n) is 7.62. The molecule has 0 radical (unpaired) electrons. The van der Waals surface area contributed by atoms with Crippen molar-refractivity contribution in [1.82, 2.24) is 0 Å². The smallest absolute Gasteiger partial charge is 0.163 e. The van der Waals surface area contributed by atoms with Crippen LogP contribution in [-0.4, -0.2) is 28.7 Å². The molecule has 3 nitrogen and oxygen atoms in total. The van der Waals surface area contributed by atoms with E-state index in [1.807, 2.05) is 0 Å². The van der Waals surface area contributed by atoms with Gasteiger partial charge >= 0.3 is 0 Å². The predicted molar refractivity (Wildman–Crippen MR) is 90.9 cm³/mol. The van der Waals surface area contributed by atoms with Gasteiger partial charge in [-0.15, -0.1) is 0 Å². The number of carbonyl (C=O) groups is 1. The zero-order chi connectivity index (χ0) is 17.2. The van der Waals surface area contributed by atoms with Gasteiger partial charge in [0, 0.05) is 5.92 Å². The summed E-state index contributed by atoms with van der Waals surface area (Å²) in [6.45, 7) is 10.9. The lowest BCUT2D eigenvalue weighted by atomic mass is 9.53. The van der Waals surface area contributed by atoms with Crippen LogP contribution in [-0.2, 0) is 4.79 Å². The molecule has 0 amide bonds. The van der Waals surface area contributed by atoms with Gasteiger partial charge in [-0.1, -0.05) is 40.2 Å². The molecule has 1 saturated carbocycles. The Labute approximate surface area is 140 Å². The Morgan fingerprint density at radius 3 is 2.43 bits per heavy atom. The van der Waals surface area contributed by atoms with Crippen molar-refractivity contribution in [3.8, 4) is 0 Å². The van der Waals surface area contributed by atoms with Crippen LogP contribution in [0.3, 0.4) is 0 Å². The highest BCUT2D eigenvalue weighted by Crippen LogP contribution is 2.64. The molecule has 2 N–H and O–H groups in total. The van der Waals surface area contributed by atoms with E-state index in [1.54, 1.807) is 0 Å². The number of fused-ring (bicyclic) bond motifs is 2. The summed E-state index contributed by atoms with van der Waals surface area (Å²) in [6.07, 6.45) is 3.62. The number of ketones is 1. The van der Waals surface area contributed by atoms with E-state index in [2.05, 4.69) is 34.6 Å². The van der Waals surface area contributed by atoms with Gasteiger partial charge in [-0.25, -0.2) is 0 Å². The molecular weight excluding hydrogens is 288 g/mol. The van der Waals surface area contributed by atoms with Crippen LogP contribution in [0.25, 0.3) is 0 Å². The lowest BCUT2D eigenvalue weighted by Crippen LogP contribution is -2.55. The Hall–Kier alpha value is -0.670. The number of rotatable bonds is 2. The largest absolute Gasteiger partial charge is 0.395 e. The van der Waals surface area contributed by atoms with Gasteiger partial charge in [0.25, 0.3) is 0 Å². The van der Waals surface area contributed by atoms with Crippen molar-refractivity contribution in [2.45, 2.75) is 72.8 Å². The van der Waals surface area contributed by atoms with Crippen LogP contribution in [0.15, 0.2) is 11.1 Å². The Morgan fingerprint density at radius 1 is 1.22 bits per heavy atom. The van der Waals surface area contributed by atoms with Crippen molar-refractivity contribution >= 4 is 5.78 Å². The molecule has 0 heterocycles. The zero-order valence-electron chi connectivity index (χ0n) is 15.3. The average molecular weight is 320 g/mol. The lowest BCUT2D eigenvalue weighted by molar-refractivity contribution is -0.142. The van der Waals surface area contributed by atoms with Crippen LogP contribution in [0.1, 0.15) is 66.7 Å². The Kier molecular flexibility index (Phi) is 3.85. The van der Waals surface area contributed by atoms with E-state index in [0.29, 0.717) is 12.3 Å². The number of allylic oxidation sites excluding steroid dienone is 1. The summed E-state index contributed by atoms with van der Waals surface area (Å²) in [7, 11) is 0. The number of hydrogen-bond donors (Lipinski definition) is 2. The normalized spacial score (nSPS) is 42.9. The number of carbonyl (C=O) groups excluding carboxylic acids is 1. The highest BCUT2D eigenvalue weighted by atomic mass is 16.3. The van der Waals surface area contributed by atoms with Gasteiger partial charge in [0.2, 0.25) is 0 Å². The average Bonchev–Trinajstić information content (AvgIpc) is 2.74. The highest BCUT2D eigenvalue weighted by molar-refractivity contribution is 6.03. The minimum Gasteiger partial charge on any atom is -0.395 e. The number of Topliss-reactive ketones (excluding diaryl/α,β-unsaturated/α-hetero) is 1. The monoisotopic (exact) mass is 320 g/mol. The molecule has 0 aromatic carbocycles. The Morgan fingerprint density at radius 2 is 1.87 bits per heavy atom. The van der Waals surface area contributed by atoms with Gasteiger partial charge < -0.3 is 10.2 Å². The second-order valence-corrected chi connectivity index (χ2v) is 9.48. The molecule has 3 aliphatic rings. The first-order valence-electron chi connectivity index (χ1n) is 9.16. The summed E-state index contributed by atoms with van der Waals surface area (Å²) in [5.74, 6) is 0.475. The maximum absolute atomic E-state index is 13.3. The SMILES string of the molecule is CC(C)[C@@]1(C)CCC2=C(C1)C(=O)[C@H]1C(C)(C)CC[C@H](O)[C@]21CO. The summed E-state index contributed by atoms with van der Waals surface area (Å²) in [5.41, 5.74) is 1.30. The van der Waals surface area contributed by atoms with E-state index in [9.17, 15) is 15.0 Å². The van der Waals surface area contributed by atoms with Crippen LogP contribution in [0, 0.1) is 28.1 Å². The molecule has 0 unspecified atom stereocenters. The number of aliphatic hydroxyl groups excluding tert-OH is 2. The van der Waals surface area contributed by atoms with Crippen LogP contribution in [0.2, 0.25) is 0 Å². The van der Waals surface area contributed by atoms with Crippen LogP contribution in [0.4, 0.5) is 0 Å². The fraction of sp³-hybridized carbons (Fsp3) is 0.850. The molecule has 3 aliphatic carbocycles. The maximum atomic E-state index is 13.3. The highest BCUT2D eigenvalue weighted by Gasteiger charge is 2.64. The van der Waals surface area contributed by atoms with Crippen molar-refractivity contribution in [2.24, 2.45) is 28.1 Å². The van der Waals surface area contributed by atoms with Crippen molar-refractivity contribution in [1.29, 1.82) is 0 Å². The van der Waals surface area contributed by atoms with Crippen molar-refractivity contribution < 1.29 is 15.0 Å². The van der Waals surface area contributed by atoms with Crippen LogP contribution >= 0.6 is 0 Å². The van der Waals surface area contributed by atoms with E-state index >= 15 is 0 Å². The van der Waals surface area contributed by atoms with E-state index in [1.165, 1.54) is 0 Å². The van der Waals surface area contributed by atoms with Gasteiger partial charge in [0.15, 0.2) is 5.78 Å². The van der Waals surface area contributed by atoms with E-state index < -0.39 is 11.5 Å². The molecule has 130 valence electrons. The molecule has 0 aromatic rings. The van der Waals surface area contributed by atoms with Crippen LogP contribution < -0.4 is 0 Å². The first-order valence-corrected chi connectivity index (χ1v) is 9.16. The summed E-state index contributed by atoms with van der Waals surface area (Å²) < 4.78 is 0. The molecular formula is C20H32O3. The second kappa shape index (κ2) is 5.16. The second-order valence-electron chi connectivity index (χ2n) is 9.48. The third-order valence-corrected chi connectivity index (χ3v) is 7.62. The topological polar surface area (TPSA) is 57.5 Å². The van der Waals surface area contributed by atoms with E-state index in [0.717, 1.165) is 36.8 Å². The van der Waals surface area contributed by atoms with Crippen molar-refractivity contribution in [2.75, 3.05) is 6.61 Å². The Bertz CT molecular complexity index is 559. The number of aliphatic hydroxyl groups is 2. The molecule has 1 fully saturated rings. The van der Waals surface area contributed by atoms with E-state index in [-0.39, 0.29) is 29.1 Å². The summed E-state index contributed by atoms with van der Waals surface area (Å²) in [4.78, 5) is 13.3. The minimum atomic E-state index is -0.716. The maximum Gasteiger partial charge on any atom is 0.163 e. The summed E-state index contributed by atoms with van der Waals surface area (Å²) in [6, 6.07) is 0. The standard InChI is InChI=1S/C20H32O3/c1-12(2)19(5)9-6-14-13(10-19)16(23)17-18(3,4)8-7-15(22)20(14,17)11-21/h12,15,17,21-22H,6-11H2,1-5H3/t15-,17-,19-,20-/m0/s1. The Balaban J connectivity index is 2.12. The predicted octanol–water partition coefficient (Wildman–Crippen LogP) is 3.49. The molecule has 0 spiro atoms. The summed E-state index contributed by atoms with van der Waals surface area (Å²) in [5, 5.41) is 21.1. The molecule has 3 rings (SSSR count). The van der Waals surface area contributed by atoms with Gasteiger partial charge in [0.1, 0.15) is 0 Å². The molecule has 0 bridgehead atoms. The van der Waals surface area contributed by atoms with Gasteiger partial charge in [-0.05, 0) is 54.4 Å². The molecule has 23 heavy (non-hydrogen) atoms. The molecule has 4 atom stereocenters. The first kappa shape index (κ1) is 17.2. The first-order chi connectivity index (χ1) is 10.6. The third kappa shape index (κ3) is 2.12. The van der Waals surface area contributed by atoms with Gasteiger partial charge in [-0.3, -0.25) is 4.79 Å². The fourth-order valence-electron chi connectivity index (χ4n) is 5.63. The minimum absolute atomic E-state index is 0.106. The zero-order valence-corrected chi connectivity index (χ0v) is 15.3. The van der Waals surface area contributed by atoms with Crippen LogP contribution in [0.5, 0.6) is 0 Å². The molecule has 0 aromatic heterocycles. The van der Waals surface area contributed by atoms with Crippen molar-refractivity contribution in [3.63, 3.8) is 0 Å². The van der Waals surface area contributed by atoms with Gasteiger partial charge in [-0.2, -0.15) is 0 Å². The molecule has 0 aliphatic heterocycles. The number of hydrogen-bond acceptors (Lipinski definition) is 3. The fourth-order valence-corrected chi connectivity index (χ4v) is 5.63.